The van der Waals surface area contributed by atoms with Gasteiger partial charge in [0.25, 0.3) is 0 Å². The lowest BCUT2D eigenvalue weighted by Crippen LogP contribution is -2.20. The lowest BCUT2D eigenvalue weighted by atomic mass is 9.78. The average Bonchev–Trinajstić information content (AvgIpc) is 2.64. The van der Waals surface area contributed by atoms with Gasteiger partial charge in [-0.1, -0.05) is 30.3 Å². The molecule has 0 aromatic heterocycles. The number of carbonyl (C=O) groups is 2. The molecule has 0 saturated heterocycles. The van der Waals surface area contributed by atoms with E-state index in [0.29, 0.717) is 24.6 Å². The highest BCUT2D eigenvalue weighted by molar-refractivity contribution is 5.89. The molecule has 0 saturated carbocycles. The van der Waals surface area contributed by atoms with Gasteiger partial charge in [-0.15, -0.1) is 0 Å². The zero-order chi connectivity index (χ0) is 19.1. The zero-order valence-corrected chi connectivity index (χ0v) is 14.4. The van der Waals surface area contributed by atoms with Gasteiger partial charge in [-0.2, -0.15) is 0 Å². The summed E-state index contributed by atoms with van der Waals surface area (Å²) in [5.74, 6) is -1.28. The van der Waals surface area contributed by atoms with Gasteiger partial charge >= 0.3 is 11.9 Å². The van der Waals surface area contributed by atoms with Crippen LogP contribution in [-0.4, -0.2) is 35.8 Å². The number of ether oxygens (including phenoxy) is 1. The van der Waals surface area contributed by atoms with Crippen LogP contribution >= 0.6 is 0 Å². The summed E-state index contributed by atoms with van der Waals surface area (Å²) in [6, 6.07) is 14.9. The maximum Gasteiger partial charge on any atom is 0.328 e. The Kier molecular flexibility index (Phi) is 6.52. The van der Waals surface area contributed by atoms with Gasteiger partial charge in [-0.3, -0.25) is 0 Å². The molecule has 1 aliphatic carbocycles. The first-order chi connectivity index (χ1) is 12.5. The summed E-state index contributed by atoms with van der Waals surface area (Å²) in [6.45, 7) is 0.649. The molecule has 4 N–H and O–H groups in total. The van der Waals surface area contributed by atoms with Gasteiger partial charge in [0.1, 0.15) is 5.75 Å². The van der Waals surface area contributed by atoms with Crippen LogP contribution in [-0.2, 0) is 16.0 Å². The topological polar surface area (TPSA) is 110 Å². The van der Waals surface area contributed by atoms with E-state index in [2.05, 4.69) is 36.4 Å². The van der Waals surface area contributed by atoms with Gasteiger partial charge in [0.05, 0.1) is 7.11 Å². The summed E-state index contributed by atoms with van der Waals surface area (Å²) in [5, 5.41) is 15.6. The average molecular weight is 355 g/mol. The molecule has 6 heteroatoms. The zero-order valence-electron chi connectivity index (χ0n) is 14.4. The van der Waals surface area contributed by atoms with Gasteiger partial charge < -0.3 is 20.7 Å². The Bertz CT molecular complexity index is 813. The van der Waals surface area contributed by atoms with Crippen molar-refractivity contribution < 1.29 is 24.5 Å². The van der Waals surface area contributed by atoms with E-state index < -0.39 is 11.9 Å². The van der Waals surface area contributed by atoms with Crippen molar-refractivity contribution in [1.82, 2.24) is 0 Å². The van der Waals surface area contributed by atoms with Crippen LogP contribution in [0.15, 0.2) is 54.6 Å². The summed E-state index contributed by atoms with van der Waals surface area (Å²) >= 11 is 0. The smallest absolute Gasteiger partial charge is 0.328 e. The third-order valence-corrected chi connectivity index (χ3v) is 4.14. The molecule has 0 radical (unpaired) electrons. The van der Waals surface area contributed by atoms with Gasteiger partial charge in [0, 0.05) is 24.6 Å². The minimum atomic E-state index is -1.26. The lowest BCUT2D eigenvalue weighted by Gasteiger charge is -2.27. The van der Waals surface area contributed by atoms with Gasteiger partial charge in [-0.05, 0) is 40.8 Å². The third kappa shape index (κ3) is 4.70. The van der Waals surface area contributed by atoms with Crippen LogP contribution in [0.4, 0.5) is 0 Å². The van der Waals surface area contributed by atoms with Crippen molar-refractivity contribution in [2.24, 2.45) is 5.73 Å². The summed E-state index contributed by atoms with van der Waals surface area (Å²) in [6.07, 6.45) is 2.09. The van der Waals surface area contributed by atoms with Gasteiger partial charge in [0.15, 0.2) is 0 Å². The molecule has 6 nitrogen and oxygen atoms in total. The standard InChI is InChI=1S/C16H17NO.C4H4O4/c1-18-13-6-7-15-12(9-13)8-11-4-2-3-5-14(11)16(15)10-17;5-3(6)1-2-4(7)8/h2-7,9,16H,8,10,17H2,1H3;1-2H,(H,5,6)(H,7,8)/b;2-1+. The fraction of sp³-hybridized carbons (Fsp3) is 0.200. The van der Waals surface area contributed by atoms with E-state index >= 15 is 0 Å². The first-order valence-electron chi connectivity index (χ1n) is 8.04. The summed E-state index contributed by atoms with van der Waals surface area (Å²) < 4.78 is 5.31. The highest BCUT2D eigenvalue weighted by Gasteiger charge is 2.24. The number of methoxy groups -OCH3 is 1. The largest absolute Gasteiger partial charge is 0.497 e. The number of benzene rings is 2. The van der Waals surface area contributed by atoms with Crippen molar-refractivity contribution in [2.45, 2.75) is 12.3 Å². The Hall–Kier alpha value is -3.12. The number of fused-ring (bicyclic) bond motifs is 2. The molecule has 0 heterocycles. The lowest BCUT2D eigenvalue weighted by molar-refractivity contribution is -0.134. The molecule has 0 amide bonds. The molecule has 1 atom stereocenters. The van der Waals surface area contributed by atoms with Gasteiger partial charge in [-0.25, -0.2) is 9.59 Å². The van der Waals surface area contributed by atoms with Gasteiger partial charge in [0.2, 0.25) is 0 Å². The van der Waals surface area contributed by atoms with Crippen LogP contribution in [0.2, 0.25) is 0 Å². The number of hydrogen-bond acceptors (Lipinski definition) is 4. The fourth-order valence-corrected chi connectivity index (χ4v) is 3.01. The second-order valence-corrected chi connectivity index (χ2v) is 5.74. The van der Waals surface area contributed by atoms with E-state index in [1.165, 1.54) is 22.3 Å². The van der Waals surface area contributed by atoms with E-state index in [1.807, 2.05) is 6.07 Å². The molecule has 26 heavy (non-hydrogen) atoms. The Morgan fingerprint density at radius 3 is 2.27 bits per heavy atom. The number of rotatable bonds is 4. The molecule has 2 aromatic carbocycles. The van der Waals surface area contributed by atoms with Crippen LogP contribution in [0, 0.1) is 0 Å². The van der Waals surface area contributed by atoms with E-state index in [0.717, 1.165) is 12.2 Å². The Morgan fingerprint density at radius 2 is 1.69 bits per heavy atom. The fourth-order valence-electron chi connectivity index (χ4n) is 3.01. The minimum Gasteiger partial charge on any atom is -0.497 e. The molecule has 0 bridgehead atoms. The molecular weight excluding hydrogens is 334 g/mol. The molecule has 0 aliphatic heterocycles. The van der Waals surface area contributed by atoms with Crippen LogP contribution in [0.1, 0.15) is 28.2 Å². The highest BCUT2D eigenvalue weighted by atomic mass is 16.5. The Labute approximate surface area is 151 Å². The second-order valence-electron chi connectivity index (χ2n) is 5.74. The number of nitrogens with two attached hydrogens (primary N) is 1. The predicted octanol–water partition coefficient (Wildman–Crippen LogP) is 2.40. The molecule has 136 valence electrons. The van der Waals surface area contributed by atoms with E-state index in [-0.39, 0.29) is 0 Å². The monoisotopic (exact) mass is 355 g/mol. The normalized spacial score (nSPS) is 14.6. The minimum absolute atomic E-state index is 0.316. The van der Waals surface area contributed by atoms with Crippen molar-refractivity contribution in [3.63, 3.8) is 0 Å². The quantitative estimate of drug-likeness (QED) is 0.727. The molecule has 1 aliphatic rings. The van der Waals surface area contributed by atoms with Crippen molar-refractivity contribution >= 4 is 11.9 Å². The first kappa shape index (κ1) is 19.2. The van der Waals surface area contributed by atoms with Crippen molar-refractivity contribution in [2.75, 3.05) is 13.7 Å². The van der Waals surface area contributed by atoms with E-state index in [9.17, 15) is 9.59 Å². The van der Waals surface area contributed by atoms with E-state index in [4.69, 9.17) is 20.7 Å². The van der Waals surface area contributed by atoms with Crippen molar-refractivity contribution in [3.8, 4) is 5.75 Å². The van der Waals surface area contributed by atoms with Crippen LogP contribution in [0.5, 0.6) is 5.75 Å². The molecule has 1 unspecified atom stereocenters. The molecule has 0 fully saturated rings. The predicted molar refractivity (Wildman–Crippen MR) is 97.6 cm³/mol. The van der Waals surface area contributed by atoms with E-state index in [1.54, 1.807) is 7.11 Å². The number of hydrogen-bond donors (Lipinski definition) is 3. The van der Waals surface area contributed by atoms with Crippen molar-refractivity contribution in [3.05, 3.63) is 76.9 Å². The third-order valence-electron chi connectivity index (χ3n) is 4.14. The maximum absolute atomic E-state index is 9.55. The maximum atomic E-state index is 9.55. The number of aliphatic carboxylic acids is 2. The highest BCUT2D eigenvalue weighted by Crippen LogP contribution is 2.37. The first-order valence-corrected chi connectivity index (χ1v) is 8.04. The molecule has 0 spiro atoms. The van der Waals surface area contributed by atoms with Crippen LogP contribution in [0.25, 0.3) is 0 Å². The summed E-state index contributed by atoms with van der Waals surface area (Å²) in [7, 11) is 1.71. The second kappa shape index (κ2) is 8.82. The van der Waals surface area contributed by atoms with Crippen molar-refractivity contribution in [1.29, 1.82) is 0 Å². The summed E-state index contributed by atoms with van der Waals surface area (Å²) in [4.78, 5) is 19.1. The van der Waals surface area contributed by atoms with Crippen LogP contribution < -0.4 is 10.5 Å². The SMILES string of the molecule is COc1ccc2c(c1)Cc1ccccc1C2CN.O=C(O)/C=C/C(=O)O. The molecule has 3 rings (SSSR count). The van der Waals surface area contributed by atoms with Crippen LogP contribution in [0.3, 0.4) is 0 Å². The number of carboxylic acids is 2. The molecular formula is C20H21NO5. The molecule has 2 aromatic rings. The summed E-state index contributed by atoms with van der Waals surface area (Å²) in [5.41, 5.74) is 11.4. The Morgan fingerprint density at radius 1 is 1.08 bits per heavy atom. The number of carboxylic acid groups (broad SMARTS) is 2. The Balaban J connectivity index is 0.000000260.